The van der Waals surface area contributed by atoms with Gasteiger partial charge in [-0.15, -0.1) is 5.06 Å². The largest absolute Gasteiger partial charge is 0.508 e. The second-order valence-electron chi connectivity index (χ2n) is 15.2. The molecule has 2 aliphatic heterocycles. The zero-order valence-electron chi connectivity index (χ0n) is 33.6. The van der Waals surface area contributed by atoms with E-state index in [1.165, 1.54) is 42.5 Å². The fourth-order valence-corrected chi connectivity index (χ4v) is 8.17. The average Bonchev–Trinajstić information content (AvgIpc) is 3.80. The molecule has 15 heteroatoms. The number of phenols is 1. The first-order chi connectivity index (χ1) is 30.9. The minimum absolute atomic E-state index is 0.00133. The number of aromatic hydroxyl groups is 1. The number of alkyl carbamates (subject to hydrolysis) is 1. The Morgan fingerprint density at radius 1 is 0.703 bits per heavy atom. The Labute approximate surface area is 362 Å². The van der Waals surface area contributed by atoms with Gasteiger partial charge in [0.1, 0.15) is 23.7 Å². The number of hydroxylamine groups is 2. The van der Waals surface area contributed by atoms with E-state index < -0.39 is 41.2 Å². The molecule has 0 unspecified atom stereocenters. The SMILES string of the molecule is O=C(NCc1ccc(C(=O)NCc2c3oc4cc(O)ccc4c(-c4ccc(C(=O)ON5C(=O)CCC5=O)cc4C(=O)O)c-3ccc2=O)cc1)OCC1c2ccccc2-c2ccccc21. The molecule has 318 valence electrons. The van der Waals surface area contributed by atoms with Crippen LogP contribution < -0.4 is 16.1 Å². The van der Waals surface area contributed by atoms with E-state index >= 15 is 0 Å². The Hall–Kier alpha value is -8.59. The molecule has 64 heavy (non-hydrogen) atoms. The highest BCUT2D eigenvalue weighted by Crippen LogP contribution is 2.45. The Balaban J connectivity index is 0.903. The van der Waals surface area contributed by atoms with Crippen LogP contribution in [0.25, 0.3) is 44.5 Å². The first-order valence-corrected chi connectivity index (χ1v) is 20.1. The van der Waals surface area contributed by atoms with Gasteiger partial charge in [0.15, 0.2) is 5.43 Å². The highest BCUT2D eigenvalue weighted by atomic mass is 16.7. The number of carboxylic acid groups (broad SMARTS) is 1. The number of carboxylic acids is 1. The standard InChI is InChI=1S/C49H35N3O12/c53-29-14-16-35-41(22-29)63-45-36(44(35)34-15-13-28(21-37(34)47(58)59)48(60)64-52-42(55)19-20-43(52)56)17-18-40(54)38(45)24-50-46(57)27-11-9-26(10-12-27)23-51-49(61)62-25-39-32-7-3-1-5-30(32)31-6-2-4-8-33(31)39/h1-18,21-22,39,53H,19-20,23-25H2,(H,50,57)(H,51,61)(H,58,59). The summed E-state index contributed by atoms with van der Waals surface area (Å²) < 4.78 is 11.8. The molecule has 2 heterocycles. The molecular formula is C49H35N3O12. The van der Waals surface area contributed by atoms with Crippen molar-refractivity contribution in [1.82, 2.24) is 15.7 Å². The lowest BCUT2D eigenvalue weighted by Crippen LogP contribution is -2.32. The fourth-order valence-electron chi connectivity index (χ4n) is 8.17. The summed E-state index contributed by atoms with van der Waals surface area (Å²) >= 11 is 0. The Morgan fingerprint density at radius 3 is 2.05 bits per heavy atom. The number of aromatic carboxylic acids is 1. The molecule has 1 fully saturated rings. The molecule has 4 aliphatic rings. The summed E-state index contributed by atoms with van der Waals surface area (Å²) in [5.74, 6) is -4.78. The van der Waals surface area contributed by atoms with E-state index in [9.17, 15) is 43.8 Å². The van der Waals surface area contributed by atoms with Crippen molar-refractivity contribution in [3.8, 4) is 39.3 Å². The number of imide groups is 1. The molecule has 1 saturated heterocycles. The maximum Gasteiger partial charge on any atom is 0.407 e. The minimum atomic E-state index is -1.44. The molecule has 4 N–H and O–H groups in total. The van der Waals surface area contributed by atoms with Crippen molar-refractivity contribution in [2.24, 2.45) is 0 Å². The van der Waals surface area contributed by atoms with Crippen LogP contribution in [0.5, 0.6) is 5.75 Å². The summed E-state index contributed by atoms with van der Waals surface area (Å²) in [4.78, 5) is 94.4. The van der Waals surface area contributed by atoms with Gasteiger partial charge >= 0.3 is 18.0 Å². The maximum absolute atomic E-state index is 13.4. The van der Waals surface area contributed by atoms with Crippen LogP contribution in [-0.2, 0) is 32.3 Å². The Morgan fingerprint density at radius 2 is 1.36 bits per heavy atom. The average molecular weight is 858 g/mol. The van der Waals surface area contributed by atoms with E-state index in [2.05, 4.69) is 22.8 Å². The monoisotopic (exact) mass is 857 g/mol. The van der Waals surface area contributed by atoms with Crippen LogP contribution in [0.15, 0.2) is 131 Å². The van der Waals surface area contributed by atoms with Crippen LogP contribution in [0.2, 0.25) is 0 Å². The number of carbonyl (C=O) groups excluding carboxylic acids is 5. The molecule has 5 aromatic rings. The Kier molecular flexibility index (Phi) is 10.6. The van der Waals surface area contributed by atoms with Gasteiger partial charge in [-0.1, -0.05) is 66.7 Å². The van der Waals surface area contributed by atoms with Crippen LogP contribution in [0.3, 0.4) is 0 Å². The number of phenolic OH excluding ortho intramolecular Hbond substituents is 1. The zero-order valence-corrected chi connectivity index (χ0v) is 33.6. The second kappa shape index (κ2) is 16.7. The van der Waals surface area contributed by atoms with Gasteiger partial charge in [0.25, 0.3) is 17.7 Å². The van der Waals surface area contributed by atoms with E-state index in [4.69, 9.17) is 14.0 Å². The van der Waals surface area contributed by atoms with Gasteiger partial charge in [-0.3, -0.25) is 19.2 Å². The van der Waals surface area contributed by atoms with Crippen LogP contribution in [0.4, 0.5) is 4.79 Å². The van der Waals surface area contributed by atoms with Gasteiger partial charge < -0.3 is 34.8 Å². The zero-order chi connectivity index (χ0) is 44.6. The topological polar surface area (TPSA) is 219 Å². The molecule has 0 saturated carbocycles. The number of benzene rings is 6. The third kappa shape index (κ3) is 7.66. The van der Waals surface area contributed by atoms with Gasteiger partial charge in [-0.25, -0.2) is 14.4 Å². The third-order valence-electron chi connectivity index (χ3n) is 11.3. The number of hydrogen-bond acceptors (Lipinski definition) is 11. The second-order valence-corrected chi connectivity index (χ2v) is 15.2. The number of fused-ring (bicyclic) bond motifs is 5. The quantitative estimate of drug-likeness (QED) is 0.0753. The molecule has 0 aromatic heterocycles. The highest BCUT2D eigenvalue weighted by molar-refractivity contribution is 6.09. The van der Waals surface area contributed by atoms with Crippen LogP contribution in [0, 0.1) is 0 Å². The predicted molar refractivity (Wildman–Crippen MR) is 229 cm³/mol. The maximum atomic E-state index is 13.4. The summed E-state index contributed by atoms with van der Waals surface area (Å²) in [5, 5.41) is 27.0. The minimum Gasteiger partial charge on any atom is -0.508 e. The van der Waals surface area contributed by atoms with Crippen LogP contribution >= 0.6 is 0 Å². The number of nitrogens with zero attached hydrogens (tertiary/aromatic N) is 1. The van der Waals surface area contributed by atoms with Gasteiger partial charge in [0.2, 0.25) is 0 Å². The molecule has 0 atom stereocenters. The molecule has 9 rings (SSSR count). The third-order valence-corrected chi connectivity index (χ3v) is 11.3. The normalized spacial score (nSPS) is 13.2. The smallest absolute Gasteiger partial charge is 0.407 e. The number of amides is 4. The van der Waals surface area contributed by atoms with E-state index in [0.29, 0.717) is 16.0 Å². The van der Waals surface area contributed by atoms with Crippen LogP contribution in [-0.4, -0.2) is 57.6 Å². The molecule has 0 radical (unpaired) electrons. The van der Waals surface area contributed by atoms with Crippen molar-refractivity contribution < 1.29 is 53.0 Å². The van der Waals surface area contributed by atoms with Gasteiger partial charge in [0.05, 0.1) is 23.2 Å². The van der Waals surface area contributed by atoms with Gasteiger partial charge in [-0.2, -0.15) is 0 Å². The lowest BCUT2D eigenvalue weighted by Gasteiger charge is -2.19. The lowest BCUT2D eigenvalue weighted by molar-refractivity contribution is -0.172. The number of carbonyl (C=O) groups is 6. The number of ether oxygens (including phenoxy) is 1. The summed E-state index contributed by atoms with van der Waals surface area (Å²) in [6, 6.07) is 33.1. The number of nitrogens with one attached hydrogen (secondary N) is 2. The van der Waals surface area contributed by atoms with Gasteiger partial charge in [-0.05, 0) is 81.9 Å². The summed E-state index contributed by atoms with van der Waals surface area (Å²) in [5.41, 5.74) is 5.03. The van der Waals surface area contributed by atoms with E-state index in [0.717, 1.165) is 28.3 Å². The van der Waals surface area contributed by atoms with E-state index in [-0.39, 0.29) is 94.5 Å². The van der Waals surface area contributed by atoms with Gasteiger partial charge in [0, 0.05) is 53.4 Å². The number of hydrogen-bond donors (Lipinski definition) is 4. The van der Waals surface area contributed by atoms with Crippen molar-refractivity contribution in [1.29, 1.82) is 0 Å². The van der Waals surface area contributed by atoms with Crippen molar-refractivity contribution in [3.63, 3.8) is 0 Å². The van der Waals surface area contributed by atoms with E-state index in [1.807, 2.05) is 36.4 Å². The predicted octanol–water partition coefficient (Wildman–Crippen LogP) is 7.16. The Bertz CT molecular complexity index is 3060. The molecule has 2 aliphatic carbocycles. The summed E-state index contributed by atoms with van der Waals surface area (Å²) in [7, 11) is 0. The summed E-state index contributed by atoms with van der Waals surface area (Å²) in [6.45, 7) is -0.00637. The number of rotatable bonds is 11. The molecule has 0 spiro atoms. The van der Waals surface area contributed by atoms with Crippen molar-refractivity contribution in [3.05, 3.63) is 170 Å². The molecule has 0 bridgehead atoms. The van der Waals surface area contributed by atoms with E-state index in [1.54, 1.807) is 24.3 Å². The van der Waals surface area contributed by atoms with Crippen molar-refractivity contribution in [2.45, 2.75) is 31.8 Å². The molecule has 4 amide bonds. The van der Waals surface area contributed by atoms with Crippen molar-refractivity contribution in [2.75, 3.05) is 6.61 Å². The molecular weight excluding hydrogens is 823 g/mol. The van der Waals surface area contributed by atoms with Crippen molar-refractivity contribution >= 4 is 46.7 Å². The highest BCUT2D eigenvalue weighted by Gasteiger charge is 2.34. The van der Waals surface area contributed by atoms with Crippen LogP contribution in [0.1, 0.15) is 72.1 Å². The molecule has 5 aromatic carbocycles. The lowest BCUT2D eigenvalue weighted by atomic mass is 9.88. The molecule has 15 nitrogen and oxygen atoms in total. The first-order valence-electron chi connectivity index (χ1n) is 20.1. The fraction of sp³-hybridized carbons (Fsp3) is 0.122. The summed E-state index contributed by atoms with van der Waals surface area (Å²) in [6.07, 6.45) is -0.844. The first kappa shape index (κ1) is 40.8.